The third-order valence-electron chi connectivity index (χ3n) is 8.92. The maximum absolute atomic E-state index is 14.1. The molecule has 0 bridgehead atoms. The molecule has 1 amide bonds. The van der Waals surface area contributed by atoms with Crippen LogP contribution in [0.1, 0.15) is 54.8 Å². The fraction of sp³-hybridized carbons (Fsp3) is 0.324. The molecule has 4 aromatic rings. The van der Waals surface area contributed by atoms with Crippen molar-refractivity contribution >= 4 is 39.9 Å². The number of benzene rings is 4. The molecule has 1 aliphatic carbocycles. The average molecular weight is 558 g/mol. The van der Waals surface area contributed by atoms with E-state index in [9.17, 15) is 4.79 Å². The fourth-order valence-corrected chi connectivity index (χ4v) is 6.90. The fourth-order valence-electron chi connectivity index (χ4n) is 6.60. The van der Waals surface area contributed by atoms with Gasteiger partial charge in [-0.3, -0.25) is 4.79 Å². The summed E-state index contributed by atoms with van der Waals surface area (Å²) < 4.78 is 0. The summed E-state index contributed by atoms with van der Waals surface area (Å²) in [4.78, 5) is 16.7. The molecule has 0 radical (unpaired) electrons. The van der Waals surface area contributed by atoms with Crippen LogP contribution in [0.5, 0.6) is 0 Å². The third kappa shape index (κ3) is 5.20. The Bertz CT molecular complexity index is 1480. The van der Waals surface area contributed by atoms with Crippen molar-refractivity contribution in [3.05, 3.63) is 118 Å². The molecule has 5 heteroatoms. The average Bonchev–Trinajstić information content (AvgIpc) is 3.69. The van der Waals surface area contributed by atoms with Crippen molar-refractivity contribution in [2.24, 2.45) is 5.92 Å². The lowest BCUT2D eigenvalue weighted by Gasteiger charge is -2.33. The number of carbonyl (C=O) groups excluding carboxylic acids is 1. The number of amides is 1. The molecule has 6 rings (SSSR count). The van der Waals surface area contributed by atoms with Gasteiger partial charge in [0.1, 0.15) is 0 Å². The molecular weight excluding hydrogens is 523 g/mol. The Kier molecular flexibility index (Phi) is 7.41. The zero-order chi connectivity index (χ0) is 27.0. The van der Waals surface area contributed by atoms with Crippen LogP contribution in [0.4, 0.5) is 0 Å². The zero-order valence-electron chi connectivity index (χ0n) is 22.2. The van der Waals surface area contributed by atoms with Gasteiger partial charge in [-0.2, -0.15) is 0 Å². The maximum atomic E-state index is 14.1. The number of carbonyl (C=O) groups is 1. The van der Waals surface area contributed by atoms with Crippen LogP contribution in [0.2, 0.25) is 10.0 Å². The molecule has 3 atom stereocenters. The van der Waals surface area contributed by atoms with E-state index in [2.05, 4.69) is 83.9 Å². The number of fused-ring (bicyclic) bond motifs is 1. The van der Waals surface area contributed by atoms with Gasteiger partial charge < -0.3 is 10.2 Å². The smallest absolute Gasteiger partial charge is 0.231 e. The number of nitrogens with one attached hydrogen (secondary N) is 1. The highest BCUT2D eigenvalue weighted by atomic mass is 35.5. The lowest BCUT2D eigenvalue weighted by Crippen LogP contribution is -2.41. The van der Waals surface area contributed by atoms with Gasteiger partial charge in [-0.1, -0.05) is 102 Å². The predicted molar refractivity (Wildman–Crippen MR) is 162 cm³/mol. The van der Waals surface area contributed by atoms with Gasteiger partial charge >= 0.3 is 0 Å². The lowest BCUT2D eigenvalue weighted by molar-refractivity contribution is -0.124. The van der Waals surface area contributed by atoms with E-state index >= 15 is 0 Å². The highest BCUT2D eigenvalue weighted by molar-refractivity contribution is 6.42. The van der Waals surface area contributed by atoms with Gasteiger partial charge in [0, 0.05) is 6.54 Å². The molecule has 1 heterocycles. The van der Waals surface area contributed by atoms with Crippen LogP contribution >= 0.6 is 23.2 Å². The maximum Gasteiger partial charge on any atom is 0.231 e. The van der Waals surface area contributed by atoms with Crippen molar-refractivity contribution in [2.45, 2.75) is 43.6 Å². The SMILES string of the molecule is CC(NC(=O)C1(c2ccc(Cl)c(Cl)c2)CC1CN1CCC(c2ccccc2)CC1)c1cccc2ccccc12. The van der Waals surface area contributed by atoms with E-state index < -0.39 is 5.41 Å². The number of rotatable bonds is 7. The standard InChI is InChI=1S/C34H34Cl2N2O/c1-23(29-13-7-11-26-10-5-6-12-30(26)29)37-33(39)34(27-14-15-31(35)32(36)20-27)21-28(34)22-38-18-16-25(17-19-38)24-8-3-2-4-9-24/h2-15,20,23,25,28H,16-19,21-22H2,1H3,(H,37,39). The minimum atomic E-state index is -0.594. The van der Waals surface area contributed by atoms with Crippen molar-refractivity contribution in [3.8, 4) is 0 Å². The summed E-state index contributed by atoms with van der Waals surface area (Å²) in [7, 11) is 0. The lowest BCUT2D eigenvalue weighted by atomic mass is 9.88. The minimum absolute atomic E-state index is 0.0745. The monoisotopic (exact) mass is 556 g/mol. The highest BCUT2D eigenvalue weighted by Crippen LogP contribution is 2.56. The highest BCUT2D eigenvalue weighted by Gasteiger charge is 2.61. The van der Waals surface area contributed by atoms with E-state index in [0.29, 0.717) is 16.0 Å². The van der Waals surface area contributed by atoms with Crippen LogP contribution < -0.4 is 5.32 Å². The minimum Gasteiger partial charge on any atom is -0.349 e. The zero-order valence-corrected chi connectivity index (χ0v) is 23.8. The summed E-state index contributed by atoms with van der Waals surface area (Å²) in [6, 6.07) is 31.1. The molecule has 0 spiro atoms. The number of nitrogens with zero attached hydrogens (tertiary/aromatic N) is 1. The number of hydrogen-bond donors (Lipinski definition) is 1. The third-order valence-corrected chi connectivity index (χ3v) is 9.66. The first-order chi connectivity index (χ1) is 19.0. The molecule has 2 aliphatic rings. The van der Waals surface area contributed by atoms with Crippen LogP contribution in [-0.4, -0.2) is 30.4 Å². The summed E-state index contributed by atoms with van der Waals surface area (Å²) in [5.41, 5.74) is 2.94. The Labute approximate surface area is 241 Å². The van der Waals surface area contributed by atoms with E-state index in [1.165, 1.54) is 16.3 Å². The second-order valence-corrected chi connectivity index (χ2v) is 12.1. The summed E-state index contributed by atoms with van der Waals surface area (Å²) in [6.45, 7) is 5.11. The summed E-state index contributed by atoms with van der Waals surface area (Å²) in [6.07, 6.45) is 3.12. The molecule has 39 heavy (non-hydrogen) atoms. The quantitative estimate of drug-likeness (QED) is 0.249. The van der Waals surface area contributed by atoms with Gasteiger partial charge in [-0.05, 0) is 90.7 Å². The number of halogens is 2. The number of piperidine rings is 1. The molecule has 1 saturated carbocycles. The number of hydrogen-bond acceptors (Lipinski definition) is 2. The van der Waals surface area contributed by atoms with Crippen LogP contribution in [0.15, 0.2) is 91.0 Å². The molecule has 0 aromatic heterocycles. The molecule has 1 aliphatic heterocycles. The normalized spacial score (nSPS) is 22.5. The summed E-state index contributed by atoms with van der Waals surface area (Å²) in [5.74, 6) is 0.930. The van der Waals surface area contributed by atoms with E-state index in [-0.39, 0.29) is 17.9 Å². The summed E-state index contributed by atoms with van der Waals surface area (Å²) >= 11 is 12.7. The van der Waals surface area contributed by atoms with Gasteiger partial charge in [0.15, 0.2) is 0 Å². The van der Waals surface area contributed by atoms with E-state index in [4.69, 9.17) is 23.2 Å². The molecule has 1 saturated heterocycles. The van der Waals surface area contributed by atoms with Gasteiger partial charge in [-0.15, -0.1) is 0 Å². The first-order valence-electron chi connectivity index (χ1n) is 14.0. The van der Waals surface area contributed by atoms with Crippen LogP contribution in [0.3, 0.4) is 0 Å². The largest absolute Gasteiger partial charge is 0.349 e. The Morgan fingerprint density at radius 2 is 1.64 bits per heavy atom. The molecule has 200 valence electrons. The predicted octanol–water partition coefficient (Wildman–Crippen LogP) is 8.16. The van der Waals surface area contributed by atoms with Crippen molar-refractivity contribution in [1.82, 2.24) is 10.2 Å². The molecule has 1 N–H and O–H groups in total. The molecule has 3 unspecified atom stereocenters. The van der Waals surface area contributed by atoms with Crippen LogP contribution in [0.25, 0.3) is 10.8 Å². The Morgan fingerprint density at radius 3 is 2.41 bits per heavy atom. The Hall–Kier alpha value is -2.85. The Morgan fingerprint density at radius 1 is 0.923 bits per heavy atom. The van der Waals surface area contributed by atoms with E-state index in [1.807, 2.05) is 24.3 Å². The van der Waals surface area contributed by atoms with Gasteiger partial charge in [0.25, 0.3) is 0 Å². The molecule has 2 fully saturated rings. The second-order valence-electron chi connectivity index (χ2n) is 11.3. The second kappa shape index (κ2) is 11.0. The molecular formula is C34H34Cl2N2O. The molecule has 3 nitrogen and oxygen atoms in total. The van der Waals surface area contributed by atoms with Gasteiger partial charge in [0.2, 0.25) is 5.91 Å². The van der Waals surface area contributed by atoms with Gasteiger partial charge in [0.05, 0.1) is 21.5 Å². The van der Waals surface area contributed by atoms with E-state index in [1.54, 1.807) is 0 Å². The van der Waals surface area contributed by atoms with Crippen molar-refractivity contribution in [3.63, 3.8) is 0 Å². The summed E-state index contributed by atoms with van der Waals surface area (Å²) in [5, 5.41) is 6.75. The molecule has 4 aromatic carbocycles. The van der Waals surface area contributed by atoms with E-state index in [0.717, 1.165) is 50.0 Å². The van der Waals surface area contributed by atoms with Gasteiger partial charge in [-0.25, -0.2) is 0 Å². The number of likely N-dealkylation sites (tertiary alicyclic amines) is 1. The van der Waals surface area contributed by atoms with Crippen molar-refractivity contribution in [1.29, 1.82) is 0 Å². The van der Waals surface area contributed by atoms with Crippen molar-refractivity contribution < 1.29 is 4.79 Å². The topological polar surface area (TPSA) is 32.3 Å². The van der Waals surface area contributed by atoms with Crippen molar-refractivity contribution in [2.75, 3.05) is 19.6 Å². The van der Waals surface area contributed by atoms with Crippen LogP contribution in [0, 0.1) is 5.92 Å². The van der Waals surface area contributed by atoms with Crippen LogP contribution in [-0.2, 0) is 10.2 Å². The first kappa shape index (κ1) is 26.4. The Balaban J connectivity index is 1.20. The first-order valence-corrected chi connectivity index (χ1v) is 14.7.